The maximum absolute atomic E-state index is 11.9. The minimum absolute atomic E-state index is 0.0942. The molecule has 0 bridgehead atoms. The van der Waals surface area contributed by atoms with Crippen molar-refractivity contribution in [3.8, 4) is 0 Å². The van der Waals surface area contributed by atoms with Gasteiger partial charge in [0, 0.05) is 0 Å². The van der Waals surface area contributed by atoms with Crippen LogP contribution >= 0.6 is 7.82 Å². The Hall–Kier alpha value is -1.25. The first-order valence-electron chi connectivity index (χ1n) is 6.28. The van der Waals surface area contributed by atoms with Crippen LogP contribution in [0.25, 0.3) is 0 Å². The Bertz CT molecular complexity index is 415. The summed E-state index contributed by atoms with van der Waals surface area (Å²) in [6, 6.07) is -0.930. The van der Waals surface area contributed by atoms with Crippen LogP contribution in [0.2, 0.25) is 0 Å². The lowest BCUT2D eigenvalue weighted by Crippen LogP contribution is -2.48. The van der Waals surface area contributed by atoms with Crippen LogP contribution in [0, 0.1) is 5.92 Å². The third-order valence-electron chi connectivity index (χ3n) is 2.16. The summed E-state index contributed by atoms with van der Waals surface area (Å²) in [4.78, 5) is 32.3. The Labute approximate surface area is 123 Å². The molecule has 0 saturated carbocycles. The average molecular weight is 323 g/mol. The van der Waals surface area contributed by atoms with Crippen molar-refractivity contribution in [1.29, 1.82) is 0 Å². The smallest absolute Gasteiger partial charge is 0.343 e. The van der Waals surface area contributed by atoms with Gasteiger partial charge in [-0.25, -0.2) is 10.0 Å². The number of nitrogens with two attached hydrogens (primary N) is 1. The monoisotopic (exact) mass is 323 g/mol. The molecule has 0 aromatic carbocycles. The lowest BCUT2D eigenvalue weighted by atomic mass is 10.0. The van der Waals surface area contributed by atoms with Crippen LogP contribution in [0.3, 0.4) is 0 Å². The molecule has 0 aromatic heterocycles. The van der Waals surface area contributed by atoms with Gasteiger partial charge < -0.3 is 15.9 Å². The second-order valence-electron chi connectivity index (χ2n) is 4.56. The molecular formula is C11H22N3O6P. The van der Waals surface area contributed by atoms with Crippen molar-refractivity contribution in [2.24, 2.45) is 11.7 Å². The predicted octanol–water partition coefficient (Wildman–Crippen LogP) is -0.173. The molecule has 0 saturated heterocycles. The second-order valence-corrected chi connectivity index (χ2v) is 5.94. The molecule has 0 aliphatic heterocycles. The molecule has 10 heteroatoms. The van der Waals surface area contributed by atoms with Gasteiger partial charge in [-0.3, -0.25) is 14.1 Å². The van der Waals surface area contributed by atoms with E-state index in [0.717, 1.165) is 0 Å². The van der Waals surface area contributed by atoms with E-state index in [-0.39, 0.29) is 19.1 Å². The Morgan fingerprint density at radius 2 is 2.10 bits per heavy atom. The molecule has 2 amide bonds. The minimum atomic E-state index is -4.42. The molecule has 2 atom stereocenters. The van der Waals surface area contributed by atoms with Gasteiger partial charge in [-0.05, 0) is 12.3 Å². The van der Waals surface area contributed by atoms with Gasteiger partial charge in [0.25, 0.3) is 5.91 Å². The zero-order valence-electron chi connectivity index (χ0n) is 12.1. The first kappa shape index (κ1) is 19.8. The zero-order valence-corrected chi connectivity index (χ0v) is 13.0. The summed E-state index contributed by atoms with van der Waals surface area (Å²) in [6.07, 6.45) is 1.56. The van der Waals surface area contributed by atoms with Gasteiger partial charge in [-0.15, -0.1) is 6.58 Å². The van der Waals surface area contributed by atoms with E-state index in [2.05, 4.69) is 21.0 Å². The Balaban J connectivity index is 4.55. The fraction of sp³-hybridized carbons (Fsp3) is 0.636. The highest BCUT2D eigenvalue weighted by Crippen LogP contribution is 2.41. The number of phosphoric acid groups is 1. The molecule has 0 heterocycles. The van der Waals surface area contributed by atoms with Gasteiger partial charge in [0.1, 0.15) is 6.04 Å². The number of carbonyl (C=O) groups is 2. The Kier molecular flexibility index (Phi) is 9.07. The summed E-state index contributed by atoms with van der Waals surface area (Å²) in [6.45, 7) is 6.50. The zero-order chi connectivity index (χ0) is 16.5. The molecule has 1 unspecified atom stereocenters. The average Bonchev–Trinajstić information content (AvgIpc) is 2.41. The van der Waals surface area contributed by atoms with Crippen molar-refractivity contribution < 1.29 is 28.2 Å². The maximum atomic E-state index is 11.9. The van der Waals surface area contributed by atoms with E-state index in [0.29, 0.717) is 6.42 Å². The number of hydrogen-bond donors (Lipinski definition) is 4. The molecule has 21 heavy (non-hydrogen) atoms. The Morgan fingerprint density at radius 3 is 2.57 bits per heavy atom. The first-order valence-corrected chi connectivity index (χ1v) is 7.77. The number of nitrogens with one attached hydrogen (secondary N) is 2. The van der Waals surface area contributed by atoms with Crippen molar-refractivity contribution in [3.63, 3.8) is 0 Å². The lowest BCUT2D eigenvalue weighted by molar-refractivity contribution is -0.134. The normalized spacial score (nSPS) is 15.1. The van der Waals surface area contributed by atoms with Gasteiger partial charge in [0.2, 0.25) is 5.91 Å². The minimum Gasteiger partial charge on any atom is -0.343 e. The lowest BCUT2D eigenvalue weighted by Gasteiger charge is -2.20. The van der Waals surface area contributed by atoms with Gasteiger partial charge >= 0.3 is 7.82 Å². The predicted molar refractivity (Wildman–Crippen MR) is 75.6 cm³/mol. The number of rotatable bonds is 10. The van der Waals surface area contributed by atoms with E-state index < -0.39 is 25.7 Å². The molecule has 0 fully saturated rings. The summed E-state index contributed by atoms with van der Waals surface area (Å²) in [5.41, 5.74) is 6.96. The Morgan fingerprint density at radius 1 is 1.48 bits per heavy atom. The molecule has 5 N–H and O–H groups in total. The molecule has 0 aliphatic rings. The van der Waals surface area contributed by atoms with Crippen LogP contribution in [-0.2, 0) is 23.3 Å². The van der Waals surface area contributed by atoms with Gasteiger partial charge in [-0.2, -0.15) is 4.62 Å². The molecule has 0 spiro atoms. The highest BCUT2D eigenvalue weighted by atomic mass is 31.2. The van der Waals surface area contributed by atoms with Crippen molar-refractivity contribution in [1.82, 2.24) is 10.8 Å². The summed E-state index contributed by atoms with van der Waals surface area (Å²) >= 11 is 0. The summed E-state index contributed by atoms with van der Waals surface area (Å²) in [5, 5.41) is 2.39. The summed E-state index contributed by atoms with van der Waals surface area (Å²) in [5.74, 6) is -1.20. The van der Waals surface area contributed by atoms with Crippen LogP contribution in [0.5, 0.6) is 0 Å². The molecule has 9 nitrogen and oxygen atoms in total. The quantitative estimate of drug-likeness (QED) is 0.248. The van der Waals surface area contributed by atoms with Gasteiger partial charge in [-0.1, -0.05) is 19.9 Å². The topological polar surface area (TPSA) is 140 Å². The number of phosphoric ester groups is 1. The fourth-order valence-corrected chi connectivity index (χ4v) is 1.86. The number of hydroxylamine groups is 1. The van der Waals surface area contributed by atoms with Gasteiger partial charge in [0.15, 0.2) is 0 Å². The van der Waals surface area contributed by atoms with E-state index in [1.54, 1.807) is 5.48 Å². The van der Waals surface area contributed by atoms with Crippen molar-refractivity contribution in [3.05, 3.63) is 12.7 Å². The number of carbonyl (C=O) groups excluding carboxylic acids is 2. The van der Waals surface area contributed by atoms with E-state index in [9.17, 15) is 19.0 Å². The summed E-state index contributed by atoms with van der Waals surface area (Å²) in [7, 11) is -4.42. The first-order chi connectivity index (χ1) is 9.71. The van der Waals surface area contributed by atoms with Gasteiger partial charge in [0.05, 0.1) is 13.2 Å². The third-order valence-corrected chi connectivity index (χ3v) is 2.96. The molecule has 0 aliphatic carbocycles. The third kappa shape index (κ3) is 9.33. The molecule has 0 rings (SSSR count). The molecular weight excluding hydrogens is 301 g/mol. The highest BCUT2D eigenvalue weighted by molar-refractivity contribution is 7.47. The fourth-order valence-electron chi connectivity index (χ4n) is 1.30. The molecule has 0 aromatic rings. The molecule has 122 valence electrons. The number of hydrogen-bond acceptors (Lipinski definition) is 6. The largest absolute Gasteiger partial charge is 0.494 e. The van der Waals surface area contributed by atoms with Crippen LogP contribution in [0.15, 0.2) is 12.7 Å². The van der Waals surface area contributed by atoms with E-state index >= 15 is 0 Å². The molecule has 0 radical (unpaired) electrons. The van der Waals surface area contributed by atoms with Crippen molar-refractivity contribution >= 4 is 19.6 Å². The highest BCUT2D eigenvalue weighted by Gasteiger charge is 2.26. The standard InChI is InChI=1S/C11H22N3O6P/c1-4-5-19-21(17,18)20-14-11(16)9(6-8(2)3)13-10(15)7-12/h4,8-9H,1,5-7,12H2,2-3H3,(H,13,15)(H,14,16)(H,17,18)/t9-/m0/s1. The van der Waals surface area contributed by atoms with E-state index in [4.69, 9.17) is 5.73 Å². The summed E-state index contributed by atoms with van der Waals surface area (Å²) < 4.78 is 20.1. The van der Waals surface area contributed by atoms with E-state index in [1.807, 2.05) is 13.8 Å². The SMILES string of the molecule is C=CCOP(=O)(O)ONC(=O)[C@H](CC(C)C)NC(=O)CN. The van der Waals surface area contributed by atoms with Crippen LogP contribution in [-0.4, -0.2) is 35.9 Å². The van der Waals surface area contributed by atoms with Crippen LogP contribution in [0.4, 0.5) is 0 Å². The van der Waals surface area contributed by atoms with Crippen LogP contribution in [0.1, 0.15) is 20.3 Å². The van der Waals surface area contributed by atoms with Crippen molar-refractivity contribution in [2.45, 2.75) is 26.3 Å². The van der Waals surface area contributed by atoms with Crippen molar-refractivity contribution in [2.75, 3.05) is 13.2 Å². The number of amides is 2. The maximum Gasteiger partial charge on any atom is 0.494 e. The van der Waals surface area contributed by atoms with Crippen LogP contribution < -0.4 is 16.5 Å². The second kappa shape index (κ2) is 9.64. The van der Waals surface area contributed by atoms with E-state index in [1.165, 1.54) is 6.08 Å².